The summed E-state index contributed by atoms with van der Waals surface area (Å²) in [6.45, 7) is -0.0143. The number of rotatable bonds is 2. The van der Waals surface area contributed by atoms with Crippen molar-refractivity contribution in [1.82, 2.24) is 0 Å². The minimum absolute atomic E-state index is 0.0143. The van der Waals surface area contributed by atoms with E-state index in [0.717, 1.165) is 0 Å². The smallest absolute Gasteiger partial charge is 0.339 e. The van der Waals surface area contributed by atoms with Crippen LogP contribution in [0.15, 0.2) is 12.1 Å². The van der Waals surface area contributed by atoms with Crippen molar-refractivity contribution in [3.05, 3.63) is 28.8 Å². The number of carbonyl (C=O) groups excluding carboxylic acids is 1. The molecule has 0 aromatic heterocycles. The van der Waals surface area contributed by atoms with Crippen molar-refractivity contribution in [3.8, 4) is 11.8 Å². The van der Waals surface area contributed by atoms with Crippen molar-refractivity contribution < 1.29 is 14.6 Å². The summed E-state index contributed by atoms with van der Waals surface area (Å²) in [6.07, 6.45) is 0. The van der Waals surface area contributed by atoms with E-state index in [0.29, 0.717) is 0 Å². The van der Waals surface area contributed by atoms with Crippen LogP contribution in [0, 0.1) is 11.3 Å². The molecule has 0 fully saturated rings. The Kier molecular flexibility index (Phi) is 3.26. The normalized spacial score (nSPS) is 9.40. The second-order valence-corrected chi connectivity index (χ2v) is 2.79. The van der Waals surface area contributed by atoms with E-state index in [2.05, 4.69) is 4.74 Å². The van der Waals surface area contributed by atoms with E-state index < -0.39 is 5.97 Å². The molecule has 0 aliphatic carbocycles. The molecule has 78 valence electrons. The number of ether oxygens (including phenoxy) is 1. The Morgan fingerprint density at radius 3 is 2.80 bits per heavy atom. The van der Waals surface area contributed by atoms with Gasteiger partial charge in [-0.05, 0) is 12.1 Å². The van der Waals surface area contributed by atoms with Crippen molar-refractivity contribution in [1.29, 1.82) is 5.26 Å². The summed E-state index contributed by atoms with van der Waals surface area (Å²) in [5.74, 6) is -0.719. The van der Waals surface area contributed by atoms with Crippen molar-refractivity contribution >= 4 is 5.97 Å². The van der Waals surface area contributed by atoms with Crippen LogP contribution < -0.4 is 5.73 Å². The number of methoxy groups -OCH3 is 1. The van der Waals surface area contributed by atoms with Gasteiger partial charge in [0.15, 0.2) is 0 Å². The monoisotopic (exact) mass is 206 g/mol. The van der Waals surface area contributed by atoms with E-state index >= 15 is 0 Å². The van der Waals surface area contributed by atoms with Gasteiger partial charge in [0, 0.05) is 12.1 Å². The molecular weight excluding hydrogens is 196 g/mol. The summed E-state index contributed by atoms with van der Waals surface area (Å²) < 4.78 is 4.51. The minimum Gasteiger partial charge on any atom is -0.508 e. The number of esters is 1. The first-order valence-electron chi connectivity index (χ1n) is 4.19. The van der Waals surface area contributed by atoms with E-state index in [1.54, 1.807) is 0 Å². The number of hydrogen-bond donors (Lipinski definition) is 2. The van der Waals surface area contributed by atoms with Crippen LogP contribution in [0.4, 0.5) is 0 Å². The fourth-order valence-corrected chi connectivity index (χ4v) is 1.25. The van der Waals surface area contributed by atoms with E-state index in [1.807, 2.05) is 6.07 Å². The van der Waals surface area contributed by atoms with Crippen molar-refractivity contribution in [2.75, 3.05) is 7.11 Å². The second-order valence-electron chi connectivity index (χ2n) is 2.79. The molecule has 1 rings (SSSR count). The number of phenolic OH excluding ortho intramolecular Hbond substituents is 1. The van der Waals surface area contributed by atoms with E-state index in [9.17, 15) is 9.90 Å². The summed E-state index contributed by atoms with van der Waals surface area (Å²) in [7, 11) is 1.22. The maximum Gasteiger partial charge on any atom is 0.339 e. The van der Waals surface area contributed by atoms with Crippen molar-refractivity contribution in [2.45, 2.75) is 6.54 Å². The molecule has 3 N–H and O–H groups in total. The number of nitrogens with two attached hydrogens (primary N) is 1. The molecular formula is C10H10N2O3. The lowest BCUT2D eigenvalue weighted by Gasteiger charge is -2.07. The summed E-state index contributed by atoms with van der Waals surface area (Å²) in [6, 6.07) is 4.48. The number of nitriles is 1. The molecule has 1 aromatic rings. The number of benzene rings is 1. The van der Waals surface area contributed by atoms with Crippen LogP contribution in [0.3, 0.4) is 0 Å². The molecule has 0 bridgehead atoms. The quantitative estimate of drug-likeness (QED) is 0.687. The first-order valence-corrected chi connectivity index (χ1v) is 4.19. The fourth-order valence-electron chi connectivity index (χ4n) is 1.25. The molecule has 5 nitrogen and oxygen atoms in total. The fraction of sp³-hybridized carbons (Fsp3) is 0.200. The summed E-state index contributed by atoms with van der Waals surface area (Å²) in [5.41, 5.74) is 5.79. The summed E-state index contributed by atoms with van der Waals surface area (Å²) >= 11 is 0. The highest BCUT2D eigenvalue weighted by atomic mass is 16.5. The lowest BCUT2D eigenvalue weighted by atomic mass is 10.0. The van der Waals surface area contributed by atoms with E-state index in [-0.39, 0.29) is 29.0 Å². The van der Waals surface area contributed by atoms with Gasteiger partial charge in [0.2, 0.25) is 0 Å². The zero-order chi connectivity index (χ0) is 11.4. The molecule has 1 aromatic carbocycles. The minimum atomic E-state index is -0.624. The van der Waals surface area contributed by atoms with Crippen LogP contribution in [0.1, 0.15) is 21.5 Å². The topological polar surface area (TPSA) is 96.3 Å². The molecule has 0 radical (unpaired) electrons. The van der Waals surface area contributed by atoms with Gasteiger partial charge in [-0.15, -0.1) is 0 Å². The molecule has 0 heterocycles. The first-order chi connectivity index (χ1) is 7.15. The van der Waals surface area contributed by atoms with Crippen LogP contribution in [0.5, 0.6) is 5.75 Å². The molecule has 0 aliphatic rings. The average Bonchev–Trinajstić information content (AvgIpc) is 2.27. The summed E-state index contributed by atoms with van der Waals surface area (Å²) in [4.78, 5) is 11.3. The highest BCUT2D eigenvalue weighted by Gasteiger charge is 2.17. The van der Waals surface area contributed by atoms with Crippen molar-refractivity contribution in [3.63, 3.8) is 0 Å². The third kappa shape index (κ3) is 1.90. The van der Waals surface area contributed by atoms with Gasteiger partial charge in [-0.2, -0.15) is 5.26 Å². The first kappa shape index (κ1) is 11.0. The zero-order valence-corrected chi connectivity index (χ0v) is 8.15. The molecule has 0 amide bonds. The number of carbonyl (C=O) groups is 1. The van der Waals surface area contributed by atoms with Gasteiger partial charge >= 0.3 is 5.97 Å². The Hall–Kier alpha value is -2.06. The predicted octanol–water partition coefficient (Wildman–Crippen LogP) is 0.509. The van der Waals surface area contributed by atoms with Crippen molar-refractivity contribution in [2.24, 2.45) is 5.73 Å². The maximum atomic E-state index is 11.3. The summed E-state index contributed by atoms with van der Waals surface area (Å²) in [5, 5.41) is 18.3. The SMILES string of the molecule is COC(=O)c1ccc(O)c(CN)c1C#N. The van der Waals surface area contributed by atoms with Gasteiger partial charge in [-0.3, -0.25) is 0 Å². The van der Waals surface area contributed by atoms with Crippen LogP contribution in [-0.4, -0.2) is 18.2 Å². The molecule has 0 aliphatic heterocycles. The zero-order valence-electron chi connectivity index (χ0n) is 8.15. The van der Waals surface area contributed by atoms with Crippen LogP contribution in [-0.2, 0) is 11.3 Å². The highest BCUT2D eigenvalue weighted by molar-refractivity contribution is 5.93. The molecule has 15 heavy (non-hydrogen) atoms. The molecule has 0 spiro atoms. The largest absolute Gasteiger partial charge is 0.508 e. The maximum absolute atomic E-state index is 11.3. The molecule has 0 saturated heterocycles. The molecule has 5 heteroatoms. The number of aromatic hydroxyl groups is 1. The number of nitrogens with zero attached hydrogens (tertiary/aromatic N) is 1. The standard InChI is InChI=1S/C10H10N2O3/c1-15-10(14)6-2-3-9(13)8(5-12)7(6)4-11/h2-3,13H,5,12H2,1H3. The third-order valence-electron chi connectivity index (χ3n) is 2.01. The Labute approximate surface area is 86.7 Å². The number of phenols is 1. The number of hydrogen-bond acceptors (Lipinski definition) is 5. The Morgan fingerprint density at radius 2 is 2.33 bits per heavy atom. The second kappa shape index (κ2) is 4.44. The Morgan fingerprint density at radius 1 is 1.67 bits per heavy atom. The van der Waals surface area contributed by atoms with Gasteiger partial charge in [0.1, 0.15) is 11.8 Å². The lowest BCUT2D eigenvalue weighted by Crippen LogP contribution is -2.09. The van der Waals surface area contributed by atoms with Crippen LogP contribution >= 0.6 is 0 Å². The van der Waals surface area contributed by atoms with Gasteiger partial charge in [0.25, 0.3) is 0 Å². The molecule has 0 saturated carbocycles. The van der Waals surface area contributed by atoms with Gasteiger partial charge in [-0.25, -0.2) is 4.79 Å². The molecule has 0 atom stereocenters. The van der Waals surface area contributed by atoms with Crippen LogP contribution in [0.25, 0.3) is 0 Å². The van der Waals surface area contributed by atoms with E-state index in [1.165, 1.54) is 19.2 Å². The average molecular weight is 206 g/mol. The molecule has 0 unspecified atom stereocenters. The van der Waals surface area contributed by atoms with E-state index in [4.69, 9.17) is 11.0 Å². The van der Waals surface area contributed by atoms with Crippen LogP contribution in [0.2, 0.25) is 0 Å². The van der Waals surface area contributed by atoms with Gasteiger partial charge in [-0.1, -0.05) is 0 Å². The Balaban J connectivity index is 3.43. The third-order valence-corrected chi connectivity index (χ3v) is 2.01. The van der Waals surface area contributed by atoms with Gasteiger partial charge < -0.3 is 15.6 Å². The lowest BCUT2D eigenvalue weighted by molar-refractivity contribution is 0.0600. The Bertz CT molecular complexity index is 435. The van der Waals surface area contributed by atoms with Gasteiger partial charge in [0.05, 0.1) is 18.2 Å². The highest BCUT2D eigenvalue weighted by Crippen LogP contribution is 2.24. The predicted molar refractivity (Wildman–Crippen MR) is 52.1 cm³/mol.